The van der Waals surface area contributed by atoms with Gasteiger partial charge in [-0.05, 0) is 25.1 Å². The first-order chi connectivity index (χ1) is 7.23. The fraction of sp³-hybridized carbons (Fsp3) is 0.300. The van der Waals surface area contributed by atoms with E-state index in [1.54, 1.807) is 0 Å². The molecule has 0 aromatic heterocycles. The molecule has 0 amide bonds. The summed E-state index contributed by atoms with van der Waals surface area (Å²) in [4.78, 5) is 11.4. The summed E-state index contributed by atoms with van der Waals surface area (Å²) in [6, 6.07) is 2.98. The van der Waals surface area contributed by atoms with Gasteiger partial charge in [0.1, 0.15) is 0 Å². The molecule has 0 spiro atoms. The molecule has 0 saturated heterocycles. The van der Waals surface area contributed by atoms with E-state index in [4.69, 9.17) is 23.2 Å². The lowest BCUT2D eigenvalue weighted by Gasteiger charge is -2.13. The smallest absolute Gasteiger partial charge is 0.293 e. The standard InChI is InChI=1S/C10H7Cl2F3O/c1-5(11)9(16)7-3-2-6(12)4-8(7)10(13,14)15/h2-5H,1H3. The molecule has 1 atom stereocenters. The van der Waals surface area contributed by atoms with E-state index in [1.165, 1.54) is 13.0 Å². The molecule has 88 valence electrons. The lowest BCUT2D eigenvalue weighted by atomic mass is 10.0. The summed E-state index contributed by atoms with van der Waals surface area (Å²) in [5.74, 6) is -0.773. The highest BCUT2D eigenvalue weighted by Gasteiger charge is 2.35. The zero-order chi connectivity index (χ0) is 12.5. The van der Waals surface area contributed by atoms with Crippen LogP contribution in [0.3, 0.4) is 0 Å². The fourth-order valence-electron chi connectivity index (χ4n) is 1.18. The predicted molar refractivity (Wildman–Crippen MR) is 56.1 cm³/mol. The average molecular weight is 271 g/mol. The summed E-state index contributed by atoms with van der Waals surface area (Å²) in [5.41, 5.74) is -1.52. The molecule has 6 heteroatoms. The maximum absolute atomic E-state index is 12.6. The summed E-state index contributed by atoms with van der Waals surface area (Å²) >= 11 is 10.9. The van der Waals surface area contributed by atoms with Crippen LogP contribution in [-0.2, 0) is 6.18 Å². The number of carbonyl (C=O) groups is 1. The number of hydrogen-bond acceptors (Lipinski definition) is 1. The maximum atomic E-state index is 12.6. The van der Waals surface area contributed by atoms with E-state index >= 15 is 0 Å². The Hall–Kier alpha value is -0.740. The predicted octanol–water partition coefficient (Wildman–Crippen LogP) is 4.17. The third kappa shape index (κ3) is 2.89. The van der Waals surface area contributed by atoms with Crippen molar-refractivity contribution >= 4 is 29.0 Å². The number of benzene rings is 1. The van der Waals surface area contributed by atoms with Crippen molar-refractivity contribution in [1.82, 2.24) is 0 Å². The molecule has 0 aliphatic heterocycles. The minimum atomic E-state index is -4.62. The molecule has 16 heavy (non-hydrogen) atoms. The topological polar surface area (TPSA) is 17.1 Å². The van der Waals surface area contributed by atoms with Gasteiger partial charge in [-0.15, -0.1) is 11.6 Å². The minimum Gasteiger partial charge on any atom is -0.293 e. The molecule has 0 heterocycles. The van der Waals surface area contributed by atoms with E-state index in [2.05, 4.69) is 0 Å². The molecule has 1 aromatic rings. The van der Waals surface area contributed by atoms with Gasteiger partial charge >= 0.3 is 6.18 Å². The molecule has 0 aliphatic carbocycles. The summed E-state index contributed by atoms with van der Waals surface area (Å²) < 4.78 is 37.8. The quantitative estimate of drug-likeness (QED) is 0.582. The lowest BCUT2D eigenvalue weighted by Crippen LogP contribution is -2.18. The molecule has 1 rings (SSSR count). The van der Waals surface area contributed by atoms with Crippen molar-refractivity contribution in [2.24, 2.45) is 0 Å². The lowest BCUT2D eigenvalue weighted by molar-refractivity contribution is -0.137. The molecule has 0 aliphatic rings. The van der Waals surface area contributed by atoms with Gasteiger partial charge in [-0.3, -0.25) is 4.79 Å². The van der Waals surface area contributed by atoms with Crippen LogP contribution in [-0.4, -0.2) is 11.2 Å². The molecule has 0 fully saturated rings. The van der Waals surface area contributed by atoms with Gasteiger partial charge in [-0.1, -0.05) is 11.6 Å². The zero-order valence-electron chi connectivity index (χ0n) is 8.11. The van der Waals surface area contributed by atoms with Crippen molar-refractivity contribution in [1.29, 1.82) is 0 Å². The minimum absolute atomic E-state index is 0.0777. The first-order valence-electron chi connectivity index (χ1n) is 4.28. The van der Waals surface area contributed by atoms with Gasteiger partial charge in [-0.2, -0.15) is 13.2 Å². The molecule has 0 bridgehead atoms. The largest absolute Gasteiger partial charge is 0.417 e. The Labute approximate surface area is 100 Å². The number of Topliss-reactive ketones (excluding diaryl/α,β-unsaturated/α-hetero) is 1. The molecule has 0 N–H and O–H groups in total. The van der Waals surface area contributed by atoms with Gasteiger partial charge in [0.25, 0.3) is 0 Å². The molecule has 0 saturated carbocycles. The van der Waals surface area contributed by atoms with Crippen LogP contribution >= 0.6 is 23.2 Å². The SMILES string of the molecule is CC(Cl)C(=O)c1ccc(Cl)cc1C(F)(F)F. The Bertz CT molecular complexity index is 413. The molecule has 1 nitrogen and oxygen atoms in total. The summed E-state index contributed by atoms with van der Waals surface area (Å²) in [5, 5.41) is -1.09. The second-order valence-electron chi connectivity index (χ2n) is 3.17. The van der Waals surface area contributed by atoms with Gasteiger partial charge in [0.15, 0.2) is 5.78 Å². The third-order valence-electron chi connectivity index (χ3n) is 1.91. The fourth-order valence-corrected chi connectivity index (χ4v) is 1.47. The van der Waals surface area contributed by atoms with Crippen molar-refractivity contribution in [3.63, 3.8) is 0 Å². The highest BCUT2D eigenvalue weighted by molar-refractivity contribution is 6.34. The van der Waals surface area contributed by atoms with Crippen LogP contribution in [0.2, 0.25) is 5.02 Å². The Morgan fingerprint density at radius 2 is 1.94 bits per heavy atom. The normalized spacial score (nSPS) is 13.6. The van der Waals surface area contributed by atoms with Crippen LogP contribution in [0.15, 0.2) is 18.2 Å². The highest BCUT2D eigenvalue weighted by Crippen LogP contribution is 2.34. The monoisotopic (exact) mass is 270 g/mol. The average Bonchev–Trinajstić information content (AvgIpc) is 2.15. The second kappa shape index (κ2) is 4.63. The van der Waals surface area contributed by atoms with Crippen LogP contribution < -0.4 is 0 Å². The van der Waals surface area contributed by atoms with E-state index in [0.717, 1.165) is 6.07 Å². The summed E-state index contributed by atoms with van der Waals surface area (Å²) in [6.07, 6.45) is -4.62. The van der Waals surface area contributed by atoms with Crippen molar-refractivity contribution < 1.29 is 18.0 Å². The van der Waals surface area contributed by atoms with E-state index in [1.807, 2.05) is 0 Å². The Morgan fingerprint density at radius 1 is 1.38 bits per heavy atom. The number of hydrogen-bond donors (Lipinski definition) is 0. The van der Waals surface area contributed by atoms with Crippen LogP contribution in [0.5, 0.6) is 0 Å². The second-order valence-corrected chi connectivity index (χ2v) is 4.26. The van der Waals surface area contributed by atoms with Crippen molar-refractivity contribution in [3.05, 3.63) is 34.3 Å². The van der Waals surface area contributed by atoms with Gasteiger partial charge in [0.2, 0.25) is 0 Å². The van der Waals surface area contributed by atoms with Crippen molar-refractivity contribution in [2.45, 2.75) is 18.5 Å². The number of halogens is 5. The van der Waals surface area contributed by atoms with Crippen LogP contribution in [0, 0.1) is 0 Å². The summed E-state index contributed by atoms with van der Waals surface area (Å²) in [7, 11) is 0. The molecule has 0 radical (unpaired) electrons. The zero-order valence-corrected chi connectivity index (χ0v) is 9.62. The molecular formula is C10H7Cl2F3O. The van der Waals surface area contributed by atoms with Gasteiger partial charge in [0.05, 0.1) is 10.9 Å². The molecular weight excluding hydrogens is 264 g/mol. The van der Waals surface area contributed by atoms with Gasteiger partial charge < -0.3 is 0 Å². The Kier molecular flexibility index (Phi) is 3.86. The first kappa shape index (κ1) is 13.3. The van der Waals surface area contributed by atoms with Gasteiger partial charge in [0, 0.05) is 10.6 Å². The molecule has 1 aromatic carbocycles. The molecule has 1 unspecified atom stereocenters. The number of ketones is 1. The highest BCUT2D eigenvalue weighted by atomic mass is 35.5. The van der Waals surface area contributed by atoms with Crippen LogP contribution in [0.4, 0.5) is 13.2 Å². The van der Waals surface area contributed by atoms with Crippen molar-refractivity contribution in [2.75, 3.05) is 0 Å². The first-order valence-corrected chi connectivity index (χ1v) is 5.10. The van der Waals surface area contributed by atoms with Crippen LogP contribution in [0.1, 0.15) is 22.8 Å². The van der Waals surface area contributed by atoms with E-state index in [0.29, 0.717) is 6.07 Å². The third-order valence-corrected chi connectivity index (χ3v) is 2.35. The number of rotatable bonds is 2. The summed E-state index contributed by atoms with van der Waals surface area (Å²) in [6.45, 7) is 1.32. The Morgan fingerprint density at radius 3 is 2.38 bits per heavy atom. The Balaban J connectivity index is 3.34. The van der Waals surface area contributed by atoms with Gasteiger partial charge in [-0.25, -0.2) is 0 Å². The number of carbonyl (C=O) groups excluding carboxylic acids is 1. The van der Waals surface area contributed by atoms with E-state index < -0.39 is 28.5 Å². The van der Waals surface area contributed by atoms with Crippen molar-refractivity contribution in [3.8, 4) is 0 Å². The maximum Gasteiger partial charge on any atom is 0.417 e. The van der Waals surface area contributed by atoms with E-state index in [9.17, 15) is 18.0 Å². The van der Waals surface area contributed by atoms with Crippen LogP contribution in [0.25, 0.3) is 0 Å². The number of alkyl halides is 4. The van der Waals surface area contributed by atoms with E-state index in [-0.39, 0.29) is 5.02 Å².